The fraction of sp³-hybridized carbons (Fsp3) is 0.200. The van der Waals surface area contributed by atoms with Crippen LogP contribution in [0, 0.1) is 0 Å². The Morgan fingerprint density at radius 1 is 1.24 bits per heavy atom. The van der Waals surface area contributed by atoms with E-state index in [0.717, 1.165) is 5.56 Å². The Kier molecular flexibility index (Phi) is 5.11. The SMILES string of the molecule is COCC(=O)Nc1cccc(CNC(=O)c2ccco2)c1. The highest BCUT2D eigenvalue weighted by molar-refractivity contribution is 5.92. The van der Waals surface area contributed by atoms with Crippen molar-refractivity contribution >= 4 is 17.5 Å². The third-order valence-electron chi connectivity index (χ3n) is 2.68. The van der Waals surface area contributed by atoms with Crippen molar-refractivity contribution in [2.24, 2.45) is 0 Å². The summed E-state index contributed by atoms with van der Waals surface area (Å²) in [6, 6.07) is 10.5. The average Bonchev–Trinajstić information content (AvgIpc) is 2.99. The first kappa shape index (κ1) is 14.8. The molecule has 0 atom stereocenters. The minimum Gasteiger partial charge on any atom is -0.459 e. The van der Waals surface area contributed by atoms with Gasteiger partial charge in [0.1, 0.15) is 6.61 Å². The lowest BCUT2D eigenvalue weighted by atomic mass is 10.2. The summed E-state index contributed by atoms with van der Waals surface area (Å²) in [7, 11) is 1.46. The van der Waals surface area contributed by atoms with Gasteiger partial charge in [0.05, 0.1) is 6.26 Å². The first-order valence-corrected chi connectivity index (χ1v) is 6.38. The Bertz CT molecular complexity index is 608. The highest BCUT2D eigenvalue weighted by atomic mass is 16.5. The number of benzene rings is 1. The molecule has 0 aliphatic carbocycles. The number of carbonyl (C=O) groups is 2. The molecular weight excluding hydrogens is 272 g/mol. The number of nitrogens with one attached hydrogen (secondary N) is 2. The van der Waals surface area contributed by atoms with Crippen LogP contribution in [0.3, 0.4) is 0 Å². The van der Waals surface area contributed by atoms with Crippen LogP contribution in [-0.2, 0) is 16.1 Å². The highest BCUT2D eigenvalue weighted by Gasteiger charge is 2.08. The fourth-order valence-electron chi connectivity index (χ4n) is 1.76. The quantitative estimate of drug-likeness (QED) is 0.849. The summed E-state index contributed by atoms with van der Waals surface area (Å²) in [5.74, 6) is -0.248. The van der Waals surface area contributed by atoms with Crippen LogP contribution in [0.25, 0.3) is 0 Å². The Morgan fingerprint density at radius 2 is 2.10 bits per heavy atom. The summed E-state index contributed by atoms with van der Waals surface area (Å²) in [6.07, 6.45) is 1.45. The van der Waals surface area contributed by atoms with Crippen LogP contribution in [0.5, 0.6) is 0 Å². The van der Waals surface area contributed by atoms with Gasteiger partial charge in [-0.05, 0) is 29.8 Å². The number of carbonyl (C=O) groups excluding carboxylic acids is 2. The zero-order valence-electron chi connectivity index (χ0n) is 11.6. The van der Waals surface area contributed by atoms with Crippen LogP contribution >= 0.6 is 0 Å². The molecule has 0 fully saturated rings. The molecule has 0 aliphatic heterocycles. The Balaban J connectivity index is 1.92. The molecule has 0 saturated heterocycles. The van der Waals surface area contributed by atoms with Gasteiger partial charge in [0.25, 0.3) is 5.91 Å². The summed E-state index contributed by atoms with van der Waals surface area (Å²) in [6.45, 7) is 0.340. The number of furan rings is 1. The number of methoxy groups -OCH3 is 1. The van der Waals surface area contributed by atoms with Gasteiger partial charge in [0.2, 0.25) is 5.91 Å². The van der Waals surface area contributed by atoms with Crippen molar-refractivity contribution in [3.05, 3.63) is 54.0 Å². The Morgan fingerprint density at radius 3 is 2.81 bits per heavy atom. The van der Waals surface area contributed by atoms with Crippen molar-refractivity contribution in [1.29, 1.82) is 0 Å². The first-order chi connectivity index (χ1) is 10.2. The molecule has 6 heteroatoms. The predicted molar refractivity (Wildman–Crippen MR) is 76.8 cm³/mol. The molecule has 21 heavy (non-hydrogen) atoms. The second-order valence-electron chi connectivity index (χ2n) is 4.34. The molecule has 1 heterocycles. The second kappa shape index (κ2) is 7.25. The summed E-state index contributed by atoms with van der Waals surface area (Å²) >= 11 is 0. The van der Waals surface area contributed by atoms with Crippen LogP contribution in [0.4, 0.5) is 5.69 Å². The minimum absolute atomic E-state index is 0.000539. The van der Waals surface area contributed by atoms with Crippen molar-refractivity contribution in [2.45, 2.75) is 6.54 Å². The van der Waals surface area contributed by atoms with Crippen molar-refractivity contribution in [3.63, 3.8) is 0 Å². The van der Waals surface area contributed by atoms with E-state index in [1.165, 1.54) is 13.4 Å². The molecular formula is C15H16N2O4. The summed E-state index contributed by atoms with van der Waals surface area (Å²) in [5.41, 5.74) is 1.52. The molecule has 0 aliphatic rings. The highest BCUT2D eigenvalue weighted by Crippen LogP contribution is 2.11. The summed E-state index contributed by atoms with van der Waals surface area (Å²) in [5, 5.41) is 5.44. The fourth-order valence-corrected chi connectivity index (χ4v) is 1.76. The number of anilines is 1. The van der Waals surface area contributed by atoms with Gasteiger partial charge in [0.15, 0.2) is 5.76 Å². The van der Waals surface area contributed by atoms with E-state index in [2.05, 4.69) is 10.6 Å². The van der Waals surface area contributed by atoms with Crippen LogP contribution in [-0.4, -0.2) is 25.5 Å². The molecule has 0 bridgehead atoms. The van der Waals surface area contributed by atoms with Crippen molar-refractivity contribution in [1.82, 2.24) is 5.32 Å². The van der Waals surface area contributed by atoms with E-state index in [4.69, 9.17) is 9.15 Å². The van der Waals surface area contributed by atoms with E-state index >= 15 is 0 Å². The second-order valence-corrected chi connectivity index (χ2v) is 4.34. The molecule has 0 radical (unpaired) electrons. The molecule has 110 valence electrons. The van der Waals surface area contributed by atoms with Gasteiger partial charge in [-0.1, -0.05) is 12.1 Å². The van der Waals surface area contributed by atoms with Gasteiger partial charge < -0.3 is 19.8 Å². The maximum absolute atomic E-state index is 11.7. The molecule has 2 amide bonds. The molecule has 6 nitrogen and oxygen atoms in total. The number of rotatable bonds is 6. The van der Waals surface area contributed by atoms with Crippen LogP contribution in [0.2, 0.25) is 0 Å². The third-order valence-corrected chi connectivity index (χ3v) is 2.68. The monoisotopic (exact) mass is 288 g/mol. The standard InChI is InChI=1S/C15H16N2O4/c1-20-10-14(18)17-12-5-2-4-11(8-12)9-16-15(19)13-6-3-7-21-13/h2-8H,9-10H2,1H3,(H,16,19)(H,17,18). The lowest BCUT2D eigenvalue weighted by Gasteiger charge is -2.08. The number of hydrogen-bond acceptors (Lipinski definition) is 4. The Labute approximate surface area is 122 Å². The van der Waals surface area contributed by atoms with Crippen LogP contribution in [0.15, 0.2) is 47.1 Å². The average molecular weight is 288 g/mol. The van der Waals surface area contributed by atoms with E-state index < -0.39 is 0 Å². The van der Waals surface area contributed by atoms with E-state index in [1.54, 1.807) is 30.3 Å². The molecule has 1 aromatic heterocycles. The first-order valence-electron chi connectivity index (χ1n) is 6.38. The number of ether oxygens (including phenoxy) is 1. The number of hydrogen-bond donors (Lipinski definition) is 2. The van der Waals surface area contributed by atoms with Gasteiger partial charge in [-0.2, -0.15) is 0 Å². The maximum atomic E-state index is 11.7. The van der Waals surface area contributed by atoms with E-state index in [0.29, 0.717) is 12.2 Å². The molecule has 0 unspecified atom stereocenters. The molecule has 2 N–H and O–H groups in total. The lowest BCUT2D eigenvalue weighted by Crippen LogP contribution is -2.22. The molecule has 1 aromatic carbocycles. The van der Waals surface area contributed by atoms with Crippen molar-refractivity contribution < 1.29 is 18.7 Å². The van der Waals surface area contributed by atoms with Gasteiger partial charge >= 0.3 is 0 Å². The number of amides is 2. The van der Waals surface area contributed by atoms with Gasteiger partial charge in [-0.25, -0.2) is 0 Å². The zero-order chi connectivity index (χ0) is 15.1. The van der Waals surface area contributed by atoms with Crippen LogP contribution in [0.1, 0.15) is 16.1 Å². The van der Waals surface area contributed by atoms with Crippen molar-refractivity contribution in [2.75, 3.05) is 19.0 Å². The summed E-state index contributed by atoms with van der Waals surface area (Å²) in [4.78, 5) is 23.2. The molecule has 2 rings (SSSR count). The topological polar surface area (TPSA) is 80.6 Å². The predicted octanol–water partition coefficient (Wildman–Crippen LogP) is 1.79. The molecule has 2 aromatic rings. The van der Waals surface area contributed by atoms with E-state index in [-0.39, 0.29) is 24.2 Å². The molecule has 0 spiro atoms. The largest absolute Gasteiger partial charge is 0.459 e. The van der Waals surface area contributed by atoms with Crippen molar-refractivity contribution in [3.8, 4) is 0 Å². The third kappa shape index (κ3) is 4.47. The summed E-state index contributed by atoms with van der Waals surface area (Å²) < 4.78 is 9.75. The maximum Gasteiger partial charge on any atom is 0.287 e. The van der Waals surface area contributed by atoms with Gasteiger partial charge in [-0.3, -0.25) is 9.59 Å². The smallest absolute Gasteiger partial charge is 0.287 e. The van der Waals surface area contributed by atoms with Gasteiger partial charge in [0, 0.05) is 19.3 Å². The minimum atomic E-state index is -0.283. The van der Waals surface area contributed by atoms with E-state index in [1.807, 2.05) is 6.07 Å². The van der Waals surface area contributed by atoms with E-state index in [9.17, 15) is 9.59 Å². The normalized spacial score (nSPS) is 10.1. The Hall–Kier alpha value is -2.60. The van der Waals surface area contributed by atoms with Gasteiger partial charge in [-0.15, -0.1) is 0 Å². The molecule has 0 saturated carbocycles. The lowest BCUT2D eigenvalue weighted by molar-refractivity contribution is -0.119. The zero-order valence-corrected chi connectivity index (χ0v) is 11.6. The van der Waals surface area contributed by atoms with Crippen LogP contribution < -0.4 is 10.6 Å².